The minimum absolute atomic E-state index is 0.853. The minimum atomic E-state index is 0.853. The van der Waals surface area contributed by atoms with Gasteiger partial charge in [-0.25, -0.2) is 0 Å². The van der Waals surface area contributed by atoms with Crippen LogP contribution in [0.3, 0.4) is 0 Å². The third kappa shape index (κ3) is 5.90. The Labute approximate surface area is 314 Å². The molecule has 2 heteroatoms. The van der Waals surface area contributed by atoms with Gasteiger partial charge in [0, 0.05) is 28.0 Å². The van der Waals surface area contributed by atoms with Gasteiger partial charge in [-0.2, -0.15) is 0 Å². The van der Waals surface area contributed by atoms with E-state index < -0.39 is 0 Å². The first-order chi connectivity index (χ1) is 26.7. The van der Waals surface area contributed by atoms with Gasteiger partial charge < -0.3 is 9.32 Å². The average molecular weight is 690 g/mol. The van der Waals surface area contributed by atoms with Gasteiger partial charge in [-0.15, -0.1) is 0 Å². The quantitative estimate of drug-likeness (QED) is 0.155. The molecule has 9 aromatic carbocycles. The molecule has 2 nitrogen and oxygen atoms in total. The smallest absolute Gasteiger partial charge is 0.135 e. The van der Waals surface area contributed by atoms with Crippen LogP contribution in [0.5, 0.6) is 0 Å². The first-order valence-corrected chi connectivity index (χ1v) is 18.4. The normalized spacial score (nSPS) is 11.3. The molecule has 0 saturated carbocycles. The highest BCUT2D eigenvalue weighted by molar-refractivity contribution is 6.08. The van der Waals surface area contributed by atoms with Crippen LogP contribution in [0, 0.1) is 0 Å². The van der Waals surface area contributed by atoms with E-state index in [1.165, 1.54) is 54.9 Å². The van der Waals surface area contributed by atoms with Crippen molar-refractivity contribution in [1.29, 1.82) is 0 Å². The van der Waals surface area contributed by atoms with Crippen LogP contribution in [0.25, 0.3) is 77.2 Å². The van der Waals surface area contributed by atoms with Gasteiger partial charge in [-0.05, 0) is 110 Å². The number of hydrogen-bond acceptors (Lipinski definition) is 2. The largest absolute Gasteiger partial charge is 0.456 e. The molecule has 0 fully saturated rings. The van der Waals surface area contributed by atoms with E-state index in [2.05, 4.69) is 199 Å². The summed E-state index contributed by atoms with van der Waals surface area (Å²) in [7, 11) is 0. The summed E-state index contributed by atoms with van der Waals surface area (Å²) < 4.78 is 6.30. The number of hydrogen-bond donors (Lipinski definition) is 0. The number of nitrogens with zero attached hydrogens (tertiary/aromatic N) is 1. The highest BCUT2D eigenvalue weighted by Gasteiger charge is 2.16. The number of para-hydroxylation sites is 1. The molecule has 0 saturated heterocycles. The van der Waals surface area contributed by atoms with Crippen molar-refractivity contribution in [3.8, 4) is 44.7 Å². The Hall–Kier alpha value is -7.16. The van der Waals surface area contributed by atoms with E-state index in [0.717, 1.165) is 39.4 Å². The zero-order chi connectivity index (χ0) is 35.8. The van der Waals surface area contributed by atoms with Crippen LogP contribution in [0.4, 0.5) is 17.1 Å². The average Bonchev–Trinajstić information content (AvgIpc) is 3.69. The van der Waals surface area contributed by atoms with Gasteiger partial charge in [-0.3, -0.25) is 0 Å². The highest BCUT2D eigenvalue weighted by Crippen LogP contribution is 2.40. The predicted octanol–water partition coefficient (Wildman–Crippen LogP) is 14.9. The molecule has 0 amide bonds. The Morgan fingerprint density at radius 2 is 0.796 bits per heavy atom. The summed E-state index contributed by atoms with van der Waals surface area (Å²) in [4.78, 5) is 2.32. The lowest BCUT2D eigenvalue weighted by molar-refractivity contribution is 0.631. The standard InChI is InChI=1S/C52H35NO/c1-2-9-36(10-3-1)37-17-19-38(20-18-37)39-23-28-46(29-24-39)53(48-14-8-13-44(34-48)52-35-45-12-5-7-16-51(45)54-52)47-30-25-40(26-31-47)42-27-32-50-43(33-42)22-21-41-11-4-6-15-49(41)50/h1-35H. The molecule has 0 N–H and O–H groups in total. The molecule has 0 radical (unpaired) electrons. The zero-order valence-corrected chi connectivity index (χ0v) is 29.6. The van der Waals surface area contributed by atoms with Crippen molar-refractivity contribution in [3.63, 3.8) is 0 Å². The molecule has 54 heavy (non-hydrogen) atoms. The second kappa shape index (κ2) is 13.4. The van der Waals surface area contributed by atoms with Crippen molar-refractivity contribution in [3.05, 3.63) is 212 Å². The maximum absolute atomic E-state index is 6.30. The van der Waals surface area contributed by atoms with Crippen molar-refractivity contribution in [2.45, 2.75) is 0 Å². The maximum Gasteiger partial charge on any atom is 0.135 e. The summed E-state index contributed by atoms with van der Waals surface area (Å²) in [5.74, 6) is 0.853. The second-order valence-electron chi connectivity index (χ2n) is 13.8. The highest BCUT2D eigenvalue weighted by atomic mass is 16.3. The Morgan fingerprint density at radius 1 is 0.278 bits per heavy atom. The summed E-state index contributed by atoms with van der Waals surface area (Å²) in [6.45, 7) is 0. The van der Waals surface area contributed by atoms with Crippen molar-refractivity contribution in [2.24, 2.45) is 0 Å². The molecule has 0 atom stereocenters. The fourth-order valence-corrected chi connectivity index (χ4v) is 7.65. The van der Waals surface area contributed by atoms with Crippen LogP contribution in [0.2, 0.25) is 0 Å². The monoisotopic (exact) mass is 689 g/mol. The van der Waals surface area contributed by atoms with E-state index in [0.29, 0.717) is 0 Å². The molecule has 10 rings (SSSR count). The number of benzene rings is 9. The predicted molar refractivity (Wildman–Crippen MR) is 228 cm³/mol. The molecule has 0 aliphatic heterocycles. The molecule has 0 unspecified atom stereocenters. The molecule has 1 aromatic heterocycles. The van der Waals surface area contributed by atoms with Crippen LogP contribution >= 0.6 is 0 Å². The topological polar surface area (TPSA) is 16.4 Å². The molecule has 0 spiro atoms. The summed E-state index contributed by atoms with van der Waals surface area (Å²) >= 11 is 0. The minimum Gasteiger partial charge on any atom is -0.456 e. The first-order valence-electron chi connectivity index (χ1n) is 18.4. The Morgan fingerprint density at radius 3 is 1.50 bits per heavy atom. The second-order valence-corrected chi connectivity index (χ2v) is 13.8. The lowest BCUT2D eigenvalue weighted by atomic mass is 9.97. The van der Waals surface area contributed by atoms with Crippen molar-refractivity contribution >= 4 is 49.6 Å². The fourth-order valence-electron chi connectivity index (χ4n) is 7.65. The van der Waals surface area contributed by atoms with E-state index in [1.54, 1.807) is 0 Å². The van der Waals surface area contributed by atoms with Gasteiger partial charge in [0.1, 0.15) is 11.3 Å². The summed E-state index contributed by atoms with van der Waals surface area (Å²) in [5, 5.41) is 6.17. The summed E-state index contributed by atoms with van der Waals surface area (Å²) in [5.41, 5.74) is 12.3. The van der Waals surface area contributed by atoms with Crippen LogP contribution < -0.4 is 4.90 Å². The fraction of sp³-hybridized carbons (Fsp3) is 0. The molecule has 254 valence electrons. The van der Waals surface area contributed by atoms with E-state index in [-0.39, 0.29) is 0 Å². The maximum atomic E-state index is 6.30. The number of fused-ring (bicyclic) bond motifs is 4. The number of furan rings is 1. The van der Waals surface area contributed by atoms with E-state index in [4.69, 9.17) is 4.42 Å². The van der Waals surface area contributed by atoms with Gasteiger partial charge in [-0.1, -0.05) is 158 Å². The molecule has 0 aliphatic rings. The van der Waals surface area contributed by atoms with Gasteiger partial charge in [0.25, 0.3) is 0 Å². The molecule has 0 bridgehead atoms. The third-order valence-electron chi connectivity index (χ3n) is 10.5. The molecule has 10 aromatic rings. The first kappa shape index (κ1) is 31.6. The molecular weight excluding hydrogens is 655 g/mol. The van der Waals surface area contributed by atoms with Gasteiger partial charge in [0.05, 0.1) is 0 Å². The van der Waals surface area contributed by atoms with E-state index >= 15 is 0 Å². The zero-order valence-electron chi connectivity index (χ0n) is 29.6. The van der Waals surface area contributed by atoms with E-state index in [1.807, 2.05) is 18.2 Å². The van der Waals surface area contributed by atoms with E-state index in [9.17, 15) is 0 Å². The van der Waals surface area contributed by atoms with Crippen LogP contribution in [-0.4, -0.2) is 0 Å². The lowest BCUT2D eigenvalue weighted by Gasteiger charge is -2.26. The third-order valence-corrected chi connectivity index (χ3v) is 10.5. The van der Waals surface area contributed by atoms with Gasteiger partial charge >= 0.3 is 0 Å². The Balaban J connectivity index is 1.02. The number of rotatable bonds is 7. The van der Waals surface area contributed by atoms with Crippen LogP contribution in [-0.2, 0) is 0 Å². The van der Waals surface area contributed by atoms with Crippen molar-refractivity contribution < 1.29 is 4.42 Å². The molecular formula is C52H35NO. The van der Waals surface area contributed by atoms with Gasteiger partial charge in [0.2, 0.25) is 0 Å². The van der Waals surface area contributed by atoms with Gasteiger partial charge in [0.15, 0.2) is 0 Å². The molecule has 1 heterocycles. The Kier molecular flexibility index (Phi) is 7.85. The SMILES string of the molecule is c1ccc(-c2ccc(-c3ccc(N(c4ccc(-c5ccc6c(ccc7ccccc76)c5)cc4)c4cccc(-c5cc6ccccc6o5)c4)cc3)cc2)cc1. The summed E-state index contributed by atoms with van der Waals surface area (Å²) in [6.07, 6.45) is 0. The van der Waals surface area contributed by atoms with Crippen molar-refractivity contribution in [1.82, 2.24) is 0 Å². The van der Waals surface area contributed by atoms with Crippen LogP contribution in [0.1, 0.15) is 0 Å². The Bertz CT molecular complexity index is 2870. The van der Waals surface area contributed by atoms with Crippen LogP contribution in [0.15, 0.2) is 217 Å². The summed E-state index contributed by atoms with van der Waals surface area (Å²) in [6, 6.07) is 75.9. The van der Waals surface area contributed by atoms with Crippen molar-refractivity contribution in [2.75, 3.05) is 4.90 Å². The molecule has 0 aliphatic carbocycles. The number of anilines is 3. The lowest BCUT2D eigenvalue weighted by Crippen LogP contribution is -2.10.